The van der Waals surface area contributed by atoms with Crippen molar-refractivity contribution in [3.63, 3.8) is 0 Å². The van der Waals surface area contributed by atoms with E-state index in [1.807, 2.05) is 31.1 Å². The van der Waals surface area contributed by atoms with E-state index in [1.165, 1.54) is 31.3 Å². The summed E-state index contributed by atoms with van der Waals surface area (Å²) in [7, 11) is 6.68. The molecule has 8 nitrogen and oxygen atoms in total. The molecule has 1 amide bonds. The van der Waals surface area contributed by atoms with E-state index in [0.717, 1.165) is 5.69 Å². The van der Waals surface area contributed by atoms with Gasteiger partial charge in [-0.3, -0.25) is 19.5 Å². The van der Waals surface area contributed by atoms with E-state index in [-0.39, 0.29) is 21.9 Å². The van der Waals surface area contributed by atoms with E-state index in [0.29, 0.717) is 17.1 Å². The molecule has 1 unspecified atom stereocenters. The molecule has 35 heavy (non-hydrogen) atoms. The van der Waals surface area contributed by atoms with Gasteiger partial charge < -0.3 is 19.5 Å². The molecule has 1 aliphatic heterocycles. The van der Waals surface area contributed by atoms with E-state index in [2.05, 4.69) is 4.98 Å². The Bertz CT molecular complexity index is 1310. The Labute approximate surface area is 208 Å². The first-order chi connectivity index (χ1) is 16.8. The van der Waals surface area contributed by atoms with E-state index in [4.69, 9.17) is 21.1 Å². The number of aliphatic hydroxyl groups excluding tert-OH is 1. The fraction of sp³-hybridized carbons (Fsp3) is 0.192. The molecule has 4 rings (SSSR count). The summed E-state index contributed by atoms with van der Waals surface area (Å²) in [5, 5.41) is 11.6. The number of hydrogen-bond donors (Lipinski definition) is 1. The van der Waals surface area contributed by atoms with Crippen molar-refractivity contribution >= 4 is 40.4 Å². The minimum absolute atomic E-state index is 0.120. The minimum atomic E-state index is -0.966. The monoisotopic (exact) mass is 493 g/mol. The molecule has 1 saturated heterocycles. The second-order valence-electron chi connectivity index (χ2n) is 8.02. The molecular weight excluding hydrogens is 470 g/mol. The molecule has 1 aliphatic rings. The Kier molecular flexibility index (Phi) is 6.66. The average molecular weight is 494 g/mol. The highest BCUT2D eigenvalue weighted by Gasteiger charge is 2.48. The summed E-state index contributed by atoms with van der Waals surface area (Å²) in [5.74, 6) is -1.48. The van der Waals surface area contributed by atoms with Crippen molar-refractivity contribution in [2.24, 2.45) is 0 Å². The van der Waals surface area contributed by atoms with Gasteiger partial charge in [-0.1, -0.05) is 17.7 Å². The molecule has 9 heteroatoms. The zero-order valence-electron chi connectivity index (χ0n) is 19.7. The predicted molar refractivity (Wildman–Crippen MR) is 134 cm³/mol. The SMILES string of the molecule is COc1cc(OC)c(/C(O)=C2\C(=O)C(=O)N(c3ccc(N(C)C)cc3)C2c2ccccn2)cc1Cl. The van der Waals surface area contributed by atoms with Crippen molar-refractivity contribution in [3.05, 3.63) is 82.6 Å². The molecular formula is C26H24ClN3O5. The number of methoxy groups -OCH3 is 2. The number of amides is 1. The van der Waals surface area contributed by atoms with Crippen LogP contribution in [0.1, 0.15) is 17.3 Å². The van der Waals surface area contributed by atoms with Crippen LogP contribution in [-0.4, -0.2) is 50.1 Å². The lowest BCUT2D eigenvalue weighted by molar-refractivity contribution is -0.132. The number of carbonyl (C=O) groups excluding carboxylic acids is 2. The molecule has 1 atom stereocenters. The third-order valence-electron chi connectivity index (χ3n) is 5.79. The summed E-state index contributed by atoms with van der Waals surface area (Å²) in [6, 6.07) is 14.3. The van der Waals surface area contributed by atoms with Crippen LogP contribution in [0.4, 0.5) is 11.4 Å². The molecule has 3 aromatic rings. The van der Waals surface area contributed by atoms with Crippen LogP contribution in [0.5, 0.6) is 11.5 Å². The van der Waals surface area contributed by atoms with Gasteiger partial charge in [0.1, 0.15) is 23.3 Å². The average Bonchev–Trinajstić information content (AvgIpc) is 3.14. The van der Waals surface area contributed by atoms with E-state index >= 15 is 0 Å². The number of ketones is 1. The largest absolute Gasteiger partial charge is 0.507 e. The maximum atomic E-state index is 13.3. The first kappa shape index (κ1) is 24.1. The van der Waals surface area contributed by atoms with Gasteiger partial charge in [-0.05, 0) is 42.5 Å². The first-order valence-electron chi connectivity index (χ1n) is 10.7. The van der Waals surface area contributed by atoms with Crippen LogP contribution >= 0.6 is 11.6 Å². The van der Waals surface area contributed by atoms with E-state index in [9.17, 15) is 14.7 Å². The molecule has 1 aromatic heterocycles. The number of hydrogen-bond acceptors (Lipinski definition) is 7. The highest BCUT2D eigenvalue weighted by Crippen LogP contribution is 2.44. The van der Waals surface area contributed by atoms with Crippen molar-refractivity contribution in [1.82, 2.24) is 4.98 Å². The van der Waals surface area contributed by atoms with Crippen LogP contribution in [0.2, 0.25) is 5.02 Å². The molecule has 1 fully saturated rings. The van der Waals surface area contributed by atoms with Crippen LogP contribution in [0.25, 0.3) is 5.76 Å². The van der Waals surface area contributed by atoms with Crippen LogP contribution in [0.3, 0.4) is 0 Å². The van der Waals surface area contributed by atoms with Crippen LogP contribution < -0.4 is 19.3 Å². The van der Waals surface area contributed by atoms with Crippen LogP contribution in [0.15, 0.2) is 66.4 Å². The second-order valence-corrected chi connectivity index (χ2v) is 8.43. The fourth-order valence-corrected chi connectivity index (χ4v) is 4.26. The molecule has 180 valence electrons. The Balaban J connectivity index is 1.94. The molecule has 2 aromatic carbocycles. The molecule has 2 heterocycles. The number of aromatic nitrogens is 1. The topological polar surface area (TPSA) is 92.2 Å². The Morgan fingerprint density at radius 2 is 1.71 bits per heavy atom. The van der Waals surface area contributed by atoms with Gasteiger partial charge in [0.15, 0.2) is 0 Å². The second kappa shape index (κ2) is 9.68. The fourth-order valence-electron chi connectivity index (χ4n) is 4.02. The van der Waals surface area contributed by atoms with E-state index in [1.54, 1.807) is 36.5 Å². The highest BCUT2D eigenvalue weighted by atomic mass is 35.5. The number of ether oxygens (including phenoxy) is 2. The lowest BCUT2D eigenvalue weighted by Crippen LogP contribution is -2.29. The van der Waals surface area contributed by atoms with Gasteiger partial charge >= 0.3 is 0 Å². The van der Waals surface area contributed by atoms with Crippen molar-refractivity contribution in [2.75, 3.05) is 38.1 Å². The maximum absolute atomic E-state index is 13.3. The first-order valence-corrected chi connectivity index (χ1v) is 11.1. The van der Waals surface area contributed by atoms with Crippen LogP contribution in [-0.2, 0) is 9.59 Å². The quantitative estimate of drug-likeness (QED) is 0.308. The van der Waals surface area contributed by atoms with Gasteiger partial charge in [0.05, 0.1) is 36.1 Å². The molecule has 1 N–H and O–H groups in total. The zero-order chi connectivity index (χ0) is 25.3. The molecule has 0 bridgehead atoms. The normalized spacial score (nSPS) is 16.9. The smallest absolute Gasteiger partial charge is 0.300 e. The van der Waals surface area contributed by atoms with Gasteiger partial charge in [0.25, 0.3) is 11.7 Å². The lowest BCUT2D eigenvalue weighted by Gasteiger charge is -2.25. The van der Waals surface area contributed by atoms with Gasteiger partial charge in [-0.25, -0.2) is 0 Å². The summed E-state index contributed by atoms with van der Waals surface area (Å²) < 4.78 is 10.6. The Morgan fingerprint density at radius 1 is 1.03 bits per heavy atom. The standard InChI is InChI=1S/C26H24ClN3O5/c1-29(2)15-8-10-16(11-9-15)30-23(19-7-5-6-12-28-19)22(25(32)26(30)33)24(31)17-13-18(27)21(35-4)14-20(17)34-3/h5-14,23,31H,1-4H3/b24-22+. The molecule has 0 spiro atoms. The minimum Gasteiger partial charge on any atom is -0.507 e. The lowest BCUT2D eigenvalue weighted by atomic mass is 9.97. The highest BCUT2D eigenvalue weighted by molar-refractivity contribution is 6.51. The number of benzene rings is 2. The van der Waals surface area contributed by atoms with E-state index < -0.39 is 23.5 Å². The van der Waals surface area contributed by atoms with Gasteiger partial charge in [-0.15, -0.1) is 0 Å². The van der Waals surface area contributed by atoms with Crippen molar-refractivity contribution < 1.29 is 24.2 Å². The number of nitrogens with zero attached hydrogens (tertiary/aromatic N) is 3. The molecule has 0 radical (unpaired) electrons. The number of Topliss-reactive ketones (excluding diaryl/α,β-unsaturated/α-hetero) is 1. The third kappa shape index (κ3) is 4.28. The summed E-state index contributed by atoms with van der Waals surface area (Å²) in [6.45, 7) is 0. The molecule has 0 saturated carbocycles. The number of halogens is 1. The number of pyridine rings is 1. The predicted octanol–water partition coefficient (Wildman–Crippen LogP) is 4.44. The zero-order valence-corrected chi connectivity index (χ0v) is 20.4. The van der Waals surface area contributed by atoms with Gasteiger partial charge in [0.2, 0.25) is 0 Å². The summed E-state index contributed by atoms with van der Waals surface area (Å²) in [5.41, 5.74) is 1.87. The molecule has 0 aliphatic carbocycles. The van der Waals surface area contributed by atoms with Gasteiger partial charge in [0, 0.05) is 37.7 Å². The summed E-state index contributed by atoms with van der Waals surface area (Å²) in [4.78, 5) is 34.3. The summed E-state index contributed by atoms with van der Waals surface area (Å²) in [6.07, 6.45) is 1.56. The van der Waals surface area contributed by atoms with Gasteiger partial charge in [-0.2, -0.15) is 0 Å². The van der Waals surface area contributed by atoms with Crippen molar-refractivity contribution in [3.8, 4) is 11.5 Å². The maximum Gasteiger partial charge on any atom is 0.300 e. The number of anilines is 2. The Morgan fingerprint density at radius 3 is 2.29 bits per heavy atom. The Hall–Kier alpha value is -4.04. The third-order valence-corrected chi connectivity index (χ3v) is 6.08. The van der Waals surface area contributed by atoms with Crippen molar-refractivity contribution in [2.45, 2.75) is 6.04 Å². The summed E-state index contributed by atoms with van der Waals surface area (Å²) >= 11 is 6.30. The number of aliphatic hydroxyl groups is 1. The number of carbonyl (C=O) groups is 2. The van der Waals surface area contributed by atoms with Crippen molar-refractivity contribution in [1.29, 1.82) is 0 Å². The van der Waals surface area contributed by atoms with Crippen LogP contribution in [0, 0.1) is 0 Å². The number of rotatable bonds is 6.